The molecule has 2 N–H and O–H groups in total. The molecular formula is C10H16N2O4. The minimum absolute atomic E-state index is 0.0282. The highest BCUT2D eigenvalue weighted by molar-refractivity contribution is 5.17. The molecule has 0 spiro atoms. The second-order valence-corrected chi connectivity index (χ2v) is 3.91. The van der Waals surface area contributed by atoms with Gasteiger partial charge in [-0.2, -0.15) is 0 Å². The molecule has 0 aliphatic heterocycles. The summed E-state index contributed by atoms with van der Waals surface area (Å²) < 4.78 is 4.98. The lowest BCUT2D eigenvalue weighted by Gasteiger charge is -2.18. The summed E-state index contributed by atoms with van der Waals surface area (Å²) in [6.07, 6.45) is 0. The first-order valence-corrected chi connectivity index (χ1v) is 5.12. The summed E-state index contributed by atoms with van der Waals surface area (Å²) in [4.78, 5) is 9.79. The van der Waals surface area contributed by atoms with E-state index >= 15 is 0 Å². The maximum Gasteiger partial charge on any atom is 0.433 e. The van der Waals surface area contributed by atoms with Crippen molar-refractivity contribution < 1.29 is 14.4 Å². The number of aliphatic hydroxyl groups is 1. The van der Waals surface area contributed by atoms with Crippen LogP contribution in [0.4, 0.5) is 5.88 Å². The minimum atomic E-state index is -0.574. The highest BCUT2D eigenvalue weighted by atomic mass is 16.6. The minimum Gasteiger partial charge on any atom is -0.404 e. The first-order chi connectivity index (χ1) is 7.54. The van der Waals surface area contributed by atoms with Crippen LogP contribution in [0.5, 0.6) is 0 Å². The number of furan rings is 1. The van der Waals surface area contributed by atoms with Crippen LogP contribution >= 0.6 is 0 Å². The van der Waals surface area contributed by atoms with Crippen LogP contribution in [0.1, 0.15) is 19.6 Å². The number of hydrogen-bond acceptors (Lipinski definition) is 5. The summed E-state index contributed by atoms with van der Waals surface area (Å²) in [6.45, 7) is 4.37. The molecule has 0 amide bonds. The summed E-state index contributed by atoms with van der Waals surface area (Å²) >= 11 is 0. The number of nitro groups is 1. The zero-order chi connectivity index (χ0) is 12.1. The molecule has 0 saturated heterocycles. The van der Waals surface area contributed by atoms with Gasteiger partial charge in [-0.25, -0.2) is 0 Å². The lowest BCUT2D eigenvalue weighted by molar-refractivity contribution is -0.402. The molecule has 1 rings (SSSR count). The van der Waals surface area contributed by atoms with E-state index in [9.17, 15) is 10.1 Å². The summed E-state index contributed by atoms with van der Waals surface area (Å²) in [5.74, 6) is 0.516. The molecule has 1 heterocycles. The molecule has 6 heteroatoms. The van der Waals surface area contributed by atoms with Crippen molar-refractivity contribution in [3.05, 3.63) is 28.0 Å². The molecule has 0 fully saturated rings. The zero-order valence-corrected chi connectivity index (χ0v) is 9.34. The number of nitrogens with zero attached hydrogens (tertiary/aromatic N) is 1. The Morgan fingerprint density at radius 3 is 2.69 bits per heavy atom. The fourth-order valence-corrected chi connectivity index (χ4v) is 1.30. The molecule has 0 radical (unpaired) electrons. The number of nitrogens with one attached hydrogen (secondary N) is 1. The summed E-state index contributed by atoms with van der Waals surface area (Å²) in [6, 6.07) is 2.84. The third kappa shape index (κ3) is 3.32. The van der Waals surface area contributed by atoms with Gasteiger partial charge in [-0.3, -0.25) is 10.1 Å². The maximum absolute atomic E-state index is 10.4. The van der Waals surface area contributed by atoms with Gasteiger partial charge in [0.05, 0.1) is 19.2 Å². The molecule has 1 aromatic heterocycles. The predicted molar refractivity (Wildman–Crippen MR) is 57.9 cm³/mol. The van der Waals surface area contributed by atoms with Crippen LogP contribution in [-0.2, 0) is 6.54 Å². The number of hydrogen-bond donors (Lipinski definition) is 2. The Morgan fingerprint density at radius 2 is 2.25 bits per heavy atom. The molecular weight excluding hydrogens is 212 g/mol. The van der Waals surface area contributed by atoms with Crippen LogP contribution in [0.25, 0.3) is 0 Å². The lowest BCUT2D eigenvalue weighted by atomic mass is 10.1. The number of rotatable bonds is 6. The van der Waals surface area contributed by atoms with Crippen molar-refractivity contribution in [1.82, 2.24) is 5.32 Å². The Balaban J connectivity index is 2.50. The Bertz CT molecular complexity index is 348. The second kappa shape index (κ2) is 5.62. The predicted octanol–water partition coefficient (Wildman–Crippen LogP) is 1.29. The van der Waals surface area contributed by atoms with Gasteiger partial charge in [0.15, 0.2) is 0 Å². The van der Waals surface area contributed by atoms with E-state index in [1.165, 1.54) is 6.07 Å². The van der Waals surface area contributed by atoms with E-state index in [4.69, 9.17) is 9.52 Å². The molecule has 0 aliphatic carbocycles. The van der Waals surface area contributed by atoms with Crippen molar-refractivity contribution in [2.45, 2.75) is 26.4 Å². The average Bonchev–Trinajstić information content (AvgIpc) is 2.67. The van der Waals surface area contributed by atoms with Crippen LogP contribution < -0.4 is 5.32 Å². The third-order valence-corrected chi connectivity index (χ3v) is 2.37. The zero-order valence-electron chi connectivity index (χ0n) is 9.34. The van der Waals surface area contributed by atoms with Crippen molar-refractivity contribution in [3.8, 4) is 0 Å². The van der Waals surface area contributed by atoms with Crippen LogP contribution in [0, 0.1) is 16.0 Å². The van der Waals surface area contributed by atoms with Gasteiger partial charge in [0, 0.05) is 6.04 Å². The van der Waals surface area contributed by atoms with Crippen molar-refractivity contribution in [1.29, 1.82) is 0 Å². The van der Waals surface area contributed by atoms with Gasteiger partial charge >= 0.3 is 5.88 Å². The van der Waals surface area contributed by atoms with E-state index in [-0.39, 0.29) is 24.5 Å². The Morgan fingerprint density at radius 1 is 1.56 bits per heavy atom. The van der Waals surface area contributed by atoms with Crippen LogP contribution in [0.15, 0.2) is 16.5 Å². The fourth-order valence-electron chi connectivity index (χ4n) is 1.30. The van der Waals surface area contributed by atoms with E-state index in [1.807, 2.05) is 13.8 Å². The van der Waals surface area contributed by atoms with Gasteiger partial charge < -0.3 is 14.8 Å². The first-order valence-electron chi connectivity index (χ1n) is 5.12. The van der Waals surface area contributed by atoms with Crippen molar-refractivity contribution >= 4 is 5.88 Å². The highest BCUT2D eigenvalue weighted by Gasteiger charge is 2.14. The molecule has 0 aliphatic rings. The van der Waals surface area contributed by atoms with E-state index < -0.39 is 4.92 Å². The normalized spacial score (nSPS) is 13.0. The van der Waals surface area contributed by atoms with Gasteiger partial charge in [-0.1, -0.05) is 13.8 Å². The van der Waals surface area contributed by atoms with E-state index in [0.717, 1.165) is 0 Å². The molecule has 0 unspecified atom stereocenters. The van der Waals surface area contributed by atoms with Crippen LogP contribution in [-0.4, -0.2) is 22.7 Å². The monoisotopic (exact) mass is 228 g/mol. The maximum atomic E-state index is 10.4. The Kier molecular flexibility index (Phi) is 4.45. The fraction of sp³-hybridized carbons (Fsp3) is 0.600. The topological polar surface area (TPSA) is 88.5 Å². The first kappa shape index (κ1) is 12.7. The van der Waals surface area contributed by atoms with E-state index in [2.05, 4.69) is 5.32 Å². The molecule has 1 atom stereocenters. The van der Waals surface area contributed by atoms with Gasteiger partial charge in [0.2, 0.25) is 0 Å². The molecule has 1 aromatic rings. The summed E-state index contributed by atoms with van der Waals surface area (Å²) in [5.41, 5.74) is 0. The van der Waals surface area contributed by atoms with Gasteiger partial charge in [-0.15, -0.1) is 0 Å². The smallest absolute Gasteiger partial charge is 0.404 e. The Labute approximate surface area is 93.4 Å². The summed E-state index contributed by atoms with van der Waals surface area (Å²) in [7, 11) is 0. The van der Waals surface area contributed by atoms with Crippen LogP contribution in [0.3, 0.4) is 0 Å². The molecule has 0 bridgehead atoms. The van der Waals surface area contributed by atoms with Gasteiger partial charge in [0.1, 0.15) is 10.7 Å². The SMILES string of the molecule is CC(C)[C@@H](CO)NCc1ccc([N+](=O)[O-])o1. The standard InChI is InChI=1S/C10H16N2O4/c1-7(2)9(6-13)11-5-8-3-4-10(16-8)12(14)15/h3-4,7,9,11,13H,5-6H2,1-2H3/t9-/m1/s1. The van der Waals surface area contributed by atoms with Crippen LogP contribution in [0.2, 0.25) is 0 Å². The molecule has 6 nitrogen and oxygen atoms in total. The van der Waals surface area contributed by atoms with Crippen molar-refractivity contribution in [2.75, 3.05) is 6.61 Å². The van der Waals surface area contributed by atoms with Gasteiger partial charge in [0.25, 0.3) is 0 Å². The molecule has 16 heavy (non-hydrogen) atoms. The average molecular weight is 228 g/mol. The highest BCUT2D eigenvalue weighted by Crippen LogP contribution is 2.15. The van der Waals surface area contributed by atoms with Gasteiger partial charge in [-0.05, 0) is 12.0 Å². The molecule has 0 saturated carbocycles. The lowest BCUT2D eigenvalue weighted by Crippen LogP contribution is -2.36. The second-order valence-electron chi connectivity index (χ2n) is 3.91. The van der Waals surface area contributed by atoms with E-state index in [0.29, 0.717) is 12.3 Å². The Hall–Kier alpha value is -1.40. The quantitative estimate of drug-likeness (QED) is 0.565. The number of aliphatic hydroxyl groups excluding tert-OH is 1. The third-order valence-electron chi connectivity index (χ3n) is 2.37. The van der Waals surface area contributed by atoms with E-state index in [1.54, 1.807) is 6.07 Å². The molecule has 0 aromatic carbocycles. The largest absolute Gasteiger partial charge is 0.433 e. The molecule has 90 valence electrons. The van der Waals surface area contributed by atoms with Crippen molar-refractivity contribution in [3.63, 3.8) is 0 Å². The summed E-state index contributed by atoms with van der Waals surface area (Å²) in [5, 5.41) is 22.5. The van der Waals surface area contributed by atoms with Crippen molar-refractivity contribution in [2.24, 2.45) is 5.92 Å².